The average Bonchev–Trinajstić information content (AvgIpc) is 3.11. The predicted octanol–water partition coefficient (Wildman–Crippen LogP) is 3.92. The van der Waals surface area contributed by atoms with Gasteiger partial charge in [0.2, 0.25) is 11.9 Å². The summed E-state index contributed by atoms with van der Waals surface area (Å²) in [6, 6.07) is 15.7. The quantitative estimate of drug-likeness (QED) is 0.729. The third-order valence-electron chi connectivity index (χ3n) is 4.07. The first kappa shape index (κ1) is 17.7. The number of carbonyl (C=O) groups is 1. The van der Waals surface area contributed by atoms with Gasteiger partial charge in [0, 0.05) is 18.5 Å². The zero-order valence-corrected chi connectivity index (χ0v) is 15.2. The van der Waals surface area contributed by atoms with Crippen molar-refractivity contribution in [2.24, 2.45) is 0 Å². The summed E-state index contributed by atoms with van der Waals surface area (Å²) in [4.78, 5) is 16.8. The van der Waals surface area contributed by atoms with Gasteiger partial charge in [0.25, 0.3) is 0 Å². The Morgan fingerprint density at radius 2 is 1.81 bits per heavy atom. The van der Waals surface area contributed by atoms with E-state index in [0.717, 1.165) is 22.4 Å². The van der Waals surface area contributed by atoms with Crippen molar-refractivity contribution in [3.8, 4) is 17.1 Å². The van der Waals surface area contributed by atoms with Crippen molar-refractivity contribution in [2.75, 3.05) is 12.4 Å². The van der Waals surface area contributed by atoms with Gasteiger partial charge in [-0.2, -0.15) is 9.67 Å². The lowest BCUT2D eigenvalue weighted by molar-refractivity contribution is 0.0895. The lowest BCUT2D eigenvalue weighted by Crippen LogP contribution is -2.15. The molecule has 0 amide bonds. The second-order valence-electron chi connectivity index (χ2n) is 5.99. The van der Waals surface area contributed by atoms with E-state index in [4.69, 9.17) is 4.74 Å². The van der Waals surface area contributed by atoms with Crippen LogP contribution < -0.4 is 10.1 Å². The summed E-state index contributed by atoms with van der Waals surface area (Å²) in [6.45, 7) is 4.37. The van der Waals surface area contributed by atoms with Crippen molar-refractivity contribution in [1.29, 1.82) is 0 Å². The molecule has 1 N–H and O–H groups in total. The van der Waals surface area contributed by atoms with Gasteiger partial charge in [-0.15, -0.1) is 5.10 Å². The predicted molar refractivity (Wildman–Crippen MR) is 101 cm³/mol. The zero-order chi connectivity index (χ0) is 18.5. The number of hydrogen-bond donors (Lipinski definition) is 1. The van der Waals surface area contributed by atoms with Crippen LogP contribution in [0.3, 0.4) is 0 Å². The van der Waals surface area contributed by atoms with E-state index >= 15 is 0 Å². The first-order valence-corrected chi connectivity index (χ1v) is 8.55. The van der Waals surface area contributed by atoms with Crippen LogP contribution in [0.4, 0.5) is 5.95 Å². The minimum atomic E-state index is -0.104. The van der Waals surface area contributed by atoms with Crippen molar-refractivity contribution in [3.63, 3.8) is 0 Å². The molecule has 1 heterocycles. The Kier molecular flexibility index (Phi) is 5.31. The summed E-state index contributed by atoms with van der Waals surface area (Å²) in [5.41, 5.74) is 3.10. The number of methoxy groups -OCH3 is 1. The van der Waals surface area contributed by atoms with E-state index in [2.05, 4.69) is 15.4 Å². The van der Waals surface area contributed by atoms with Gasteiger partial charge in [0.05, 0.1) is 7.11 Å². The Balaban J connectivity index is 1.84. The molecular weight excluding hydrogens is 328 g/mol. The van der Waals surface area contributed by atoms with Crippen LogP contribution in [0.25, 0.3) is 11.4 Å². The fourth-order valence-corrected chi connectivity index (χ4v) is 2.50. The number of rotatable bonds is 6. The van der Waals surface area contributed by atoms with Gasteiger partial charge in [-0.25, -0.2) is 0 Å². The normalized spacial score (nSPS) is 10.6. The Hall–Kier alpha value is -3.15. The SMILES string of the molecule is CCC(=O)n1nc(-c2ccc(C)cc2)nc1NCc1ccc(OC)cc1. The Labute approximate surface area is 152 Å². The standard InChI is InChI=1S/C20H22N4O2/c1-4-18(25)24-20(21-13-15-7-11-17(26-3)12-8-15)22-19(23-24)16-9-5-14(2)6-10-16/h5-12H,4,13H2,1-3H3,(H,21,22,23). The van der Waals surface area contributed by atoms with Crippen molar-refractivity contribution >= 4 is 11.9 Å². The fourth-order valence-electron chi connectivity index (χ4n) is 2.50. The maximum atomic E-state index is 12.2. The molecule has 6 heteroatoms. The number of nitrogens with zero attached hydrogens (tertiary/aromatic N) is 3. The number of aromatic nitrogens is 3. The van der Waals surface area contributed by atoms with Gasteiger partial charge in [0.15, 0.2) is 5.82 Å². The highest BCUT2D eigenvalue weighted by molar-refractivity contribution is 5.81. The van der Waals surface area contributed by atoms with Crippen molar-refractivity contribution in [2.45, 2.75) is 26.8 Å². The van der Waals surface area contributed by atoms with Gasteiger partial charge in [0.1, 0.15) is 5.75 Å². The Morgan fingerprint density at radius 1 is 1.12 bits per heavy atom. The summed E-state index contributed by atoms with van der Waals surface area (Å²) in [5, 5.41) is 7.61. The summed E-state index contributed by atoms with van der Waals surface area (Å²) >= 11 is 0. The topological polar surface area (TPSA) is 69.0 Å². The van der Waals surface area contributed by atoms with Crippen LogP contribution in [0.15, 0.2) is 48.5 Å². The number of aryl methyl sites for hydroxylation is 1. The van der Waals surface area contributed by atoms with Crippen LogP contribution in [-0.4, -0.2) is 27.8 Å². The highest BCUT2D eigenvalue weighted by atomic mass is 16.5. The molecule has 0 fully saturated rings. The monoisotopic (exact) mass is 350 g/mol. The van der Waals surface area contributed by atoms with E-state index < -0.39 is 0 Å². The van der Waals surface area contributed by atoms with Gasteiger partial charge in [-0.05, 0) is 24.6 Å². The van der Waals surface area contributed by atoms with E-state index in [0.29, 0.717) is 24.7 Å². The van der Waals surface area contributed by atoms with Gasteiger partial charge in [-0.1, -0.05) is 48.9 Å². The van der Waals surface area contributed by atoms with Crippen LogP contribution in [0.2, 0.25) is 0 Å². The molecule has 0 saturated carbocycles. The first-order chi connectivity index (χ1) is 12.6. The Bertz CT molecular complexity index is 883. The molecule has 3 aromatic rings. The third-order valence-corrected chi connectivity index (χ3v) is 4.07. The summed E-state index contributed by atoms with van der Waals surface area (Å²) < 4.78 is 6.51. The second-order valence-corrected chi connectivity index (χ2v) is 5.99. The lowest BCUT2D eigenvalue weighted by atomic mass is 10.1. The maximum Gasteiger partial charge on any atom is 0.249 e. The van der Waals surface area contributed by atoms with Gasteiger partial charge >= 0.3 is 0 Å². The molecule has 26 heavy (non-hydrogen) atoms. The molecule has 0 bridgehead atoms. The minimum Gasteiger partial charge on any atom is -0.497 e. The van der Waals surface area contributed by atoms with Gasteiger partial charge in [-0.3, -0.25) is 4.79 Å². The van der Waals surface area contributed by atoms with Crippen molar-refractivity contribution in [1.82, 2.24) is 14.8 Å². The molecule has 0 aliphatic carbocycles. The lowest BCUT2D eigenvalue weighted by Gasteiger charge is -2.07. The maximum absolute atomic E-state index is 12.2. The number of anilines is 1. The smallest absolute Gasteiger partial charge is 0.249 e. The van der Waals surface area contributed by atoms with Crippen LogP contribution in [0.5, 0.6) is 5.75 Å². The van der Waals surface area contributed by atoms with E-state index in [1.165, 1.54) is 4.68 Å². The molecule has 0 saturated heterocycles. The molecule has 0 atom stereocenters. The summed E-state index contributed by atoms with van der Waals surface area (Å²) in [7, 11) is 1.64. The van der Waals surface area contributed by atoms with Gasteiger partial charge < -0.3 is 10.1 Å². The van der Waals surface area contributed by atoms with Crippen molar-refractivity contribution in [3.05, 3.63) is 59.7 Å². The number of hydrogen-bond acceptors (Lipinski definition) is 5. The average molecular weight is 350 g/mol. The number of carbonyl (C=O) groups excluding carboxylic acids is 1. The summed E-state index contributed by atoms with van der Waals surface area (Å²) in [6.07, 6.45) is 0.355. The van der Waals surface area contributed by atoms with Crippen LogP contribution >= 0.6 is 0 Å². The molecule has 3 rings (SSSR count). The van der Waals surface area contributed by atoms with E-state index in [-0.39, 0.29) is 5.91 Å². The number of benzene rings is 2. The number of ether oxygens (including phenoxy) is 1. The highest BCUT2D eigenvalue weighted by Gasteiger charge is 2.16. The van der Waals surface area contributed by atoms with E-state index in [9.17, 15) is 4.79 Å². The molecule has 0 spiro atoms. The van der Waals surface area contributed by atoms with Crippen LogP contribution in [-0.2, 0) is 6.54 Å². The molecular formula is C20H22N4O2. The molecule has 6 nitrogen and oxygen atoms in total. The summed E-state index contributed by atoms with van der Waals surface area (Å²) in [5.74, 6) is 1.68. The van der Waals surface area contributed by atoms with E-state index in [1.54, 1.807) is 7.11 Å². The zero-order valence-electron chi connectivity index (χ0n) is 15.2. The molecule has 134 valence electrons. The minimum absolute atomic E-state index is 0.104. The van der Waals surface area contributed by atoms with Crippen LogP contribution in [0, 0.1) is 6.92 Å². The first-order valence-electron chi connectivity index (χ1n) is 8.55. The second kappa shape index (κ2) is 7.82. The molecule has 0 aliphatic heterocycles. The molecule has 0 aliphatic rings. The fraction of sp³-hybridized carbons (Fsp3) is 0.250. The highest BCUT2D eigenvalue weighted by Crippen LogP contribution is 2.20. The van der Waals surface area contributed by atoms with Crippen molar-refractivity contribution < 1.29 is 9.53 Å². The molecule has 0 radical (unpaired) electrons. The molecule has 0 unspecified atom stereocenters. The van der Waals surface area contributed by atoms with Crippen LogP contribution in [0.1, 0.15) is 29.3 Å². The third kappa shape index (κ3) is 3.91. The number of nitrogens with one attached hydrogen (secondary N) is 1. The molecule has 1 aromatic heterocycles. The largest absolute Gasteiger partial charge is 0.497 e. The Morgan fingerprint density at radius 3 is 2.42 bits per heavy atom. The molecule has 2 aromatic carbocycles. The van der Waals surface area contributed by atoms with E-state index in [1.807, 2.05) is 62.4 Å².